The van der Waals surface area contributed by atoms with Crippen LogP contribution >= 0.6 is 11.3 Å². The van der Waals surface area contributed by atoms with Crippen molar-refractivity contribution in [1.82, 2.24) is 9.97 Å². The van der Waals surface area contributed by atoms with Crippen LogP contribution in [0.4, 0.5) is 0 Å². The van der Waals surface area contributed by atoms with Crippen molar-refractivity contribution in [3.63, 3.8) is 0 Å². The summed E-state index contributed by atoms with van der Waals surface area (Å²) in [7, 11) is 0. The molecule has 0 atom stereocenters. The van der Waals surface area contributed by atoms with Crippen LogP contribution in [0, 0.1) is 0 Å². The summed E-state index contributed by atoms with van der Waals surface area (Å²) in [6.45, 7) is 4.72. The van der Waals surface area contributed by atoms with Gasteiger partial charge in [0.05, 0.1) is 11.4 Å². The molecule has 2 heterocycles. The molecule has 10 aromatic rings. The number of benzene rings is 8. The van der Waals surface area contributed by atoms with Gasteiger partial charge in [-0.1, -0.05) is 166 Å². The Morgan fingerprint density at radius 1 is 0.411 bits per heavy atom. The van der Waals surface area contributed by atoms with E-state index >= 15 is 0 Å². The quantitative estimate of drug-likeness (QED) is 0.176. The molecule has 0 unspecified atom stereocenters. The molecule has 2 nitrogen and oxygen atoms in total. The number of hydrogen-bond acceptors (Lipinski definition) is 3. The zero-order chi connectivity index (χ0) is 37.4. The minimum absolute atomic E-state index is 0.132. The Kier molecular flexibility index (Phi) is 7.42. The molecule has 2 aromatic heterocycles. The van der Waals surface area contributed by atoms with Gasteiger partial charge in [-0.3, -0.25) is 0 Å². The zero-order valence-corrected chi connectivity index (χ0v) is 31.9. The number of rotatable bonds is 5. The summed E-state index contributed by atoms with van der Waals surface area (Å²) in [5, 5.41) is 5.14. The minimum atomic E-state index is -0.132. The predicted octanol–water partition coefficient (Wildman–Crippen LogP) is 14.6. The maximum atomic E-state index is 5.33. The first kappa shape index (κ1) is 32.7. The van der Waals surface area contributed by atoms with Crippen molar-refractivity contribution in [2.24, 2.45) is 0 Å². The van der Waals surface area contributed by atoms with Gasteiger partial charge in [-0.05, 0) is 85.6 Å². The number of hydrogen-bond donors (Lipinski definition) is 0. The average Bonchev–Trinajstić information content (AvgIpc) is 3.75. The lowest BCUT2D eigenvalue weighted by Gasteiger charge is -2.22. The fraction of sp³-hybridized carbons (Fsp3) is 0.0566. The molecule has 0 spiro atoms. The minimum Gasteiger partial charge on any atom is -0.228 e. The topological polar surface area (TPSA) is 25.8 Å². The Bertz CT molecular complexity index is 3170. The highest BCUT2D eigenvalue weighted by Gasteiger charge is 2.37. The van der Waals surface area contributed by atoms with Gasteiger partial charge in [-0.15, -0.1) is 11.3 Å². The molecule has 0 radical (unpaired) electrons. The molecule has 1 aliphatic carbocycles. The molecule has 0 saturated heterocycles. The maximum absolute atomic E-state index is 5.33. The van der Waals surface area contributed by atoms with E-state index in [-0.39, 0.29) is 5.41 Å². The lowest BCUT2D eigenvalue weighted by atomic mass is 9.81. The van der Waals surface area contributed by atoms with Gasteiger partial charge >= 0.3 is 0 Å². The second kappa shape index (κ2) is 12.7. The van der Waals surface area contributed by atoms with E-state index in [2.05, 4.69) is 190 Å². The second-order valence-electron chi connectivity index (χ2n) is 15.3. The third kappa shape index (κ3) is 5.16. The summed E-state index contributed by atoms with van der Waals surface area (Å²) < 4.78 is 2.61. The van der Waals surface area contributed by atoms with E-state index in [9.17, 15) is 0 Å². The van der Waals surface area contributed by atoms with Crippen molar-refractivity contribution < 1.29 is 0 Å². The van der Waals surface area contributed by atoms with E-state index in [1.54, 1.807) is 0 Å². The Balaban J connectivity index is 1.10. The van der Waals surface area contributed by atoms with Crippen LogP contribution in [0.15, 0.2) is 182 Å². The van der Waals surface area contributed by atoms with Crippen LogP contribution in [0.5, 0.6) is 0 Å². The molecule has 0 amide bonds. The molecule has 264 valence electrons. The molecule has 0 N–H and O–H groups in total. The van der Waals surface area contributed by atoms with Gasteiger partial charge in [0.1, 0.15) is 0 Å². The lowest BCUT2D eigenvalue weighted by molar-refractivity contribution is 0.661. The molecule has 0 saturated carbocycles. The van der Waals surface area contributed by atoms with Gasteiger partial charge in [0.2, 0.25) is 0 Å². The summed E-state index contributed by atoms with van der Waals surface area (Å²) in [5.41, 5.74) is 14.9. The molecule has 0 fully saturated rings. The molecule has 0 bridgehead atoms. The molecule has 11 rings (SSSR count). The van der Waals surface area contributed by atoms with Crippen LogP contribution in [-0.2, 0) is 5.41 Å². The van der Waals surface area contributed by atoms with E-state index in [4.69, 9.17) is 9.97 Å². The summed E-state index contributed by atoms with van der Waals surface area (Å²) in [5.74, 6) is 0.709. The highest BCUT2D eigenvalue weighted by atomic mass is 32.1. The Hall–Kier alpha value is -6.68. The van der Waals surface area contributed by atoms with Crippen molar-refractivity contribution >= 4 is 42.3 Å². The van der Waals surface area contributed by atoms with Crippen LogP contribution < -0.4 is 0 Å². The van der Waals surface area contributed by atoms with Crippen LogP contribution in [0.3, 0.4) is 0 Å². The smallest absolute Gasteiger partial charge is 0.160 e. The van der Waals surface area contributed by atoms with Crippen LogP contribution in [-0.4, -0.2) is 9.97 Å². The van der Waals surface area contributed by atoms with E-state index in [1.807, 2.05) is 17.4 Å². The van der Waals surface area contributed by atoms with Gasteiger partial charge in [0, 0.05) is 42.3 Å². The van der Waals surface area contributed by atoms with Gasteiger partial charge in [0.25, 0.3) is 0 Å². The van der Waals surface area contributed by atoms with Gasteiger partial charge in [0.15, 0.2) is 5.82 Å². The molecule has 0 aliphatic heterocycles. The van der Waals surface area contributed by atoms with Gasteiger partial charge in [-0.2, -0.15) is 0 Å². The molecular formula is C53H36N2S. The lowest BCUT2D eigenvalue weighted by Crippen LogP contribution is -2.14. The first-order chi connectivity index (χ1) is 27.5. The van der Waals surface area contributed by atoms with Gasteiger partial charge < -0.3 is 0 Å². The Morgan fingerprint density at radius 3 is 1.91 bits per heavy atom. The molecular weight excluding hydrogens is 697 g/mol. The monoisotopic (exact) mass is 732 g/mol. The highest BCUT2D eigenvalue weighted by molar-refractivity contribution is 7.26. The van der Waals surface area contributed by atoms with E-state index in [1.165, 1.54) is 69.9 Å². The van der Waals surface area contributed by atoms with Crippen molar-refractivity contribution in [3.05, 3.63) is 193 Å². The largest absolute Gasteiger partial charge is 0.228 e. The van der Waals surface area contributed by atoms with Crippen molar-refractivity contribution in [2.45, 2.75) is 19.3 Å². The van der Waals surface area contributed by atoms with Crippen molar-refractivity contribution in [2.75, 3.05) is 0 Å². The van der Waals surface area contributed by atoms with Crippen molar-refractivity contribution in [3.8, 4) is 67.3 Å². The summed E-state index contributed by atoms with van der Waals surface area (Å²) >= 11 is 1.86. The predicted molar refractivity (Wildman–Crippen MR) is 237 cm³/mol. The van der Waals surface area contributed by atoms with Crippen LogP contribution in [0.2, 0.25) is 0 Å². The normalized spacial score (nSPS) is 13.0. The average molecular weight is 733 g/mol. The number of thiophene rings is 1. The van der Waals surface area contributed by atoms with Crippen LogP contribution in [0.25, 0.3) is 98.2 Å². The van der Waals surface area contributed by atoms with Crippen molar-refractivity contribution in [1.29, 1.82) is 0 Å². The SMILES string of the molecule is CC1(C)c2cc3ccccc3cc2-c2c(-c3ccccc3-c3cc(-c4cccc(-c5cccc6c5sc5ccccc56)c4)nc(-c4ccccc4)n3)cccc21. The fourth-order valence-corrected chi connectivity index (χ4v) is 10.1. The maximum Gasteiger partial charge on any atom is 0.160 e. The molecule has 1 aliphatic rings. The zero-order valence-electron chi connectivity index (χ0n) is 31.1. The van der Waals surface area contributed by atoms with Crippen LogP contribution in [0.1, 0.15) is 25.0 Å². The first-order valence-corrected chi connectivity index (χ1v) is 20.1. The third-order valence-corrected chi connectivity index (χ3v) is 12.9. The molecule has 56 heavy (non-hydrogen) atoms. The molecule has 3 heteroatoms. The number of fused-ring (bicyclic) bond motifs is 7. The van der Waals surface area contributed by atoms with Gasteiger partial charge in [-0.25, -0.2) is 9.97 Å². The Labute approximate surface area is 330 Å². The standard InChI is InChI=1S/C53H36N2S/c1-53(2)45-27-14-25-42(50(45)44-30-34-17-6-7-18-35(34)31-46(44)53)39-21-8-9-22-40(39)48-32-47(54-52(55-48)33-15-4-3-5-16-33)37-20-12-19-36(29-37)38-24-13-26-43-41-23-10-11-28-49(41)56-51(38)43/h3-32H,1-2H3. The van der Waals surface area contributed by atoms with E-state index < -0.39 is 0 Å². The number of nitrogens with zero attached hydrogens (tertiary/aromatic N) is 2. The Morgan fingerprint density at radius 2 is 1.04 bits per heavy atom. The van der Waals surface area contributed by atoms with E-state index in [0.29, 0.717) is 5.82 Å². The van der Waals surface area contributed by atoms with E-state index in [0.717, 1.165) is 33.6 Å². The number of aromatic nitrogens is 2. The second-order valence-corrected chi connectivity index (χ2v) is 16.4. The summed E-state index contributed by atoms with van der Waals surface area (Å²) in [4.78, 5) is 10.6. The third-order valence-electron chi connectivity index (χ3n) is 11.7. The first-order valence-electron chi connectivity index (χ1n) is 19.2. The highest BCUT2D eigenvalue weighted by Crippen LogP contribution is 2.54. The molecule has 8 aromatic carbocycles. The summed E-state index contributed by atoms with van der Waals surface area (Å²) in [6.07, 6.45) is 0. The summed E-state index contributed by atoms with van der Waals surface area (Å²) in [6, 6.07) is 65.8. The fourth-order valence-electron chi connectivity index (χ4n) is 8.91.